The normalized spacial score (nSPS) is 17.2. The molecular formula is C17H22ClN3S. The van der Waals surface area contributed by atoms with Gasteiger partial charge in [0.2, 0.25) is 0 Å². The van der Waals surface area contributed by atoms with Crippen LogP contribution in [-0.4, -0.2) is 59.5 Å². The molecule has 0 N–H and O–H groups in total. The molecule has 0 radical (unpaired) electrons. The Morgan fingerprint density at radius 2 is 1.86 bits per heavy atom. The second kappa shape index (κ2) is 7.64. The van der Waals surface area contributed by atoms with E-state index in [9.17, 15) is 0 Å². The van der Waals surface area contributed by atoms with Crippen LogP contribution in [0.4, 0.5) is 0 Å². The van der Waals surface area contributed by atoms with E-state index in [-0.39, 0.29) is 0 Å². The third-order valence-corrected chi connectivity index (χ3v) is 5.00. The first kappa shape index (κ1) is 16.1. The number of thioether (sulfide) groups is 1. The summed E-state index contributed by atoms with van der Waals surface area (Å²) in [6.45, 7) is 6.76. The van der Waals surface area contributed by atoms with Gasteiger partial charge < -0.3 is 0 Å². The number of piperazine rings is 1. The molecule has 0 atom stereocenters. The van der Waals surface area contributed by atoms with Gasteiger partial charge in [0, 0.05) is 55.4 Å². The Hall–Kier alpha value is -0.810. The van der Waals surface area contributed by atoms with Crippen LogP contribution in [0.1, 0.15) is 5.69 Å². The van der Waals surface area contributed by atoms with E-state index in [1.165, 1.54) is 25.4 Å². The third kappa shape index (κ3) is 4.13. The van der Waals surface area contributed by atoms with Gasteiger partial charge in [-0.2, -0.15) is 11.8 Å². The summed E-state index contributed by atoms with van der Waals surface area (Å²) < 4.78 is 0. The van der Waals surface area contributed by atoms with Gasteiger partial charge >= 0.3 is 0 Å². The van der Waals surface area contributed by atoms with E-state index in [2.05, 4.69) is 28.2 Å². The van der Waals surface area contributed by atoms with Gasteiger partial charge in [0.1, 0.15) is 0 Å². The number of pyridine rings is 1. The molecule has 118 valence electrons. The SMILES string of the molecule is CSCCN1CCN(Cc2ccc3cc(Cl)ccc3n2)CC1. The van der Waals surface area contributed by atoms with Crippen LogP contribution in [0.5, 0.6) is 0 Å². The Kier molecular flexibility index (Phi) is 5.58. The number of benzene rings is 1. The average molecular weight is 336 g/mol. The van der Waals surface area contributed by atoms with Crippen molar-refractivity contribution >= 4 is 34.3 Å². The largest absolute Gasteiger partial charge is 0.300 e. The summed E-state index contributed by atoms with van der Waals surface area (Å²) in [6.07, 6.45) is 2.18. The van der Waals surface area contributed by atoms with Crippen molar-refractivity contribution in [2.45, 2.75) is 6.54 Å². The summed E-state index contributed by atoms with van der Waals surface area (Å²) in [5.41, 5.74) is 2.17. The molecule has 3 nitrogen and oxygen atoms in total. The maximum Gasteiger partial charge on any atom is 0.0706 e. The van der Waals surface area contributed by atoms with Crippen molar-refractivity contribution in [2.24, 2.45) is 0 Å². The lowest BCUT2D eigenvalue weighted by atomic mass is 10.2. The molecule has 1 aromatic carbocycles. The highest BCUT2D eigenvalue weighted by Crippen LogP contribution is 2.19. The molecule has 0 spiro atoms. The van der Waals surface area contributed by atoms with Crippen molar-refractivity contribution < 1.29 is 0 Å². The molecule has 0 amide bonds. The minimum Gasteiger partial charge on any atom is -0.300 e. The van der Waals surface area contributed by atoms with E-state index in [0.29, 0.717) is 0 Å². The van der Waals surface area contributed by atoms with Gasteiger partial charge in [0.05, 0.1) is 11.2 Å². The fourth-order valence-electron chi connectivity index (χ4n) is 2.85. The lowest BCUT2D eigenvalue weighted by molar-refractivity contribution is 0.132. The van der Waals surface area contributed by atoms with E-state index in [1.807, 2.05) is 30.0 Å². The molecule has 1 aromatic heterocycles. The van der Waals surface area contributed by atoms with Crippen molar-refractivity contribution in [3.05, 3.63) is 41.0 Å². The summed E-state index contributed by atoms with van der Waals surface area (Å²) in [4.78, 5) is 9.82. The zero-order chi connectivity index (χ0) is 15.4. The van der Waals surface area contributed by atoms with Crippen molar-refractivity contribution in [3.8, 4) is 0 Å². The molecule has 1 fully saturated rings. The Labute approximate surface area is 141 Å². The van der Waals surface area contributed by atoms with Crippen LogP contribution < -0.4 is 0 Å². The van der Waals surface area contributed by atoms with Gasteiger partial charge in [-0.05, 0) is 30.5 Å². The standard InChI is InChI=1S/C17H22ClN3S/c1-22-11-10-20-6-8-21(9-7-20)13-16-4-2-14-12-15(18)3-5-17(14)19-16/h2-5,12H,6-11,13H2,1H3. The Bertz CT molecular complexity index is 626. The van der Waals surface area contributed by atoms with E-state index in [1.54, 1.807) is 0 Å². The van der Waals surface area contributed by atoms with Crippen molar-refractivity contribution in [1.29, 1.82) is 0 Å². The van der Waals surface area contributed by atoms with Crippen LogP contribution in [0.2, 0.25) is 5.02 Å². The molecule has 2 heterocycles. The number of nitrogens with zero attached hydrogens (tertiary/aromatic N) is 3. The summed E-state index contributed by atoms with van der Waals surface area (Å²) >= 11 is 7.95. The van der Waals surface area contributed by atoms with Crippen LogP contribution in [-0.2, 0) is 6.54 Å². The maximum absolute atomic E-state index is 6.02. The second-order valence-corrected chi connectivity index (χ2v) is 7.17. The predicted octanol–water partition coefficient (Wildman–Crippen LogP) is 3.37. The molecule has 5 heteroatoms. The van der Waals surface area contributed by atoms with Gasteiger partial charge in [0.15, 0.2) is 0 Å². The zero-order valence-corrected chi connectivity index (χ0v) is 14.5. The molecule has 0 bridgehead atoms. The molecule has 0 saturated carbocycles. The highest BCUT2D eigenvalue weighted by Gasteiger charge is 2.16. The van der Waals surface area contributed by atoms with Crippen molar-refractivity contribution in [2.75, 3.05) is 44.7 Å². The molecule has 1 aliphatic heterocycles. The van der Waals surface area contributed by atoms with E-state index >= 15 is 0 Å². The predicted molar refractivity (Wildman–Crippen MR) is 96.9 cm³/mol. The Balaban J connectivity index is 1.59. The first-order valence-electron chi connectivity index (χ1n) is 7.73. The number of fused-ring (bicyclic) bond motifs is 1. The highest BCUT2D eigenvalue weighted by molar-refractivity contribution is 7.98. The summed E-state index contributed by atoms with van der Waals surface area (Å²) in [5, 5.41) is 1.88. The summed E-state index contributed by atoms with van der Waals surface area (Å²) in [7, 11) is 0. The lowest BCUT2D eigenvalue weighted by Crippen LogP contribution is -2.46. The van der Waals surface area contributed by atoms with Crippen LogP contribution in [0.25, 0.3) is 10.9 Å². The number of halogens is 1. The minimum absolute atomic E-state index is 0.767. The average Bonchev–Trinajstić information content (AvgIpc) is 2.54. The van der Waals surface area contributed by atoms with Crippen LogP contribution in [0.15, 0.2) is 30.3 Å². The van der Waals surface area contributed by atoms with Crippen LogP contribution >= 0.6 is 23.4 Å². The number of aromatic nitrogens is 1. The molecule has 22 heavy (non-hydrogen) atoms. The van der Waals surface area contributed by atoms with E-state index in [0.717, 1.165) is 41.3 Å². The molecular weight excluding hydrogens is 314 g/mol. The van der Waals surface area contributed by atoms with Gasteiger partial charge in [-0.3, -0.25) is 14.8 Å². The van der Waals surface area contributed by atoms with E-state index in [4.69, 9.17) is 16.6 Å². The molecule has 1 aliphatic rings. The molecule has 1 saturated heterocycles. The van der Waals surface area contributed by atoms with E-state index < -0.39 is 0 Å². The number of hydrogen-bond acceptors (Lipinski definition) is 4. The minimum atomic E-state index is 0.767. The quantitative estimate of drug-likeness (QED) is 0.834. The smallest absolute Gasteiger partial charge is 0.0706 e. The van der Waals surface area contributed by atoms with Crippen LogP contribution in [0, 0.1) is 0 Å². The number of rotatable bonds is 5. The zero-order valence-electron chi connectivity index (χ0n) is 13.0. The topological polar surface area (TPSA) is 19.4 Å². The summed E-state index contributed by atoms with van der Waals surface area (Å²) in [6, 6.07) is 10.1. The fraction of sp³-hybridized carbons (Fsp3) is 0.471. The lowest BCUT2D eigenvalue weighted by Gasteiger charge is -2.34. The highest BCUT2D eigenvalue weighted by atomic mass is 35.5. The second-order valence-electron chi connectivity index (χ2n) is 5.75. The fourth-order valence-corrected chi connectivity index (χ4v) is 3.47. The molecule has 3 rings (SSSR count). The molecule has 0 aliphatic carbocycles. The maximum atomic E-state index is 6.02. The van der Waals surface area contributed by atoms with Gasteiger partial charge in [-0.1, -0.05) is 17.7 Å². The third-order valence-electron chi connectivity index (χ3n) is 4.17. The van der Waals surface area contributed by atoms with Gasteiger partial charge in [0.25, 0.3) is 0 Å². The Morgan fingerprint density at radius 1 is 1.09 bits per heavy atom. The summed E-state index contributed by atoms with van der Waals surface area (Å²) in [5.74, 6) is 1.23. The molecule has 2 aromatic rings. The number of hydrogen-bond donors (Lipinski definition) is 0. The Morgan fingerprint density at radius 3 is 2.64 bits per heavy atom. The van der Waals surface area contributed by atoms with Crippen molar-refractivity contribution in [1.82, 2.24) is 14.8 Å². The monoisotopic (exact) mass is 335 g/mol. The van der Waals surface area contributed by atoms with Crippen LogP contribution in [0.3, 0.4) is 0 Å². The first-order valence-corrected chi connectivity index (χ1v) is 9.50. The molecule has 0 unspecified atom stereocenters. The van der Waals surface area contributed by atoms with Gasteiger partial charge in [-0.25, -0.2) is 0 Å². The van der Waals surface area contributed by atoms with Crippen molar-refractivity contribution in [3.63, 3.8) is 0 Å². The van der Waals surface area contributed by atoms with Gasteiger partial charge in [-0.15, -0.1) is 0 Å². The first-order chi connectivity index (χ1) is 10.7.